The van der Waals surface area contributed by atoms with E-state index in [1.807, 2.05) is 0 Å². The minimum absolute atomic E-state index is 0.0973. The van der Waals surface area contributed by atoms with E-state index in [4.69, 9.17) is 32.7 Å². The van der Waals surface area contributed by atoms with Crippen LogP contribution in [-0.2, 0) is 19.1 Å². The van der Waals surface area contributed by atoms with E-state index >= 15 is 0 Å². The standard InChI is InChI=1S/C19H24Cl2O7/c1-8-4-11(27-17(24)18(3,25)6-20)13-9(2)16(23)28-15(13)14-10(8)5-12(22)19(14,26)7-21/h10-15,22,25-26H,1-2,4-7H2,3H3/t10-,11-,12-,13-,14+,15+,18-,19+/m1/s1. The van der Waals surface area contributed by atoms with Crippen molar-refractivity contribution in [3.63, 3.8) is 0 Å². The van der Waals surface area contributed by atoms with Gasteiger partial charge >= 0.3 is 11.9 Å². The molecule has 7 nitrogen and oxygen atoms in total. The summed E-state index contributed by atoms with van der Waals surface area (Å²) in [6, 6.07) is 0. The number of ether oxygens (including phenoxy) is 2. The first-order chi connectivity index (χ1) is 13.0. The quantitative estimate of drug-likeness (QED) is 0.260. The van der Waals surface area contributed by atoms with Crippen LogP contribution in [0.25, 0.3) is 0 Å². The summed E-state index contributed by atoms with van der Waals surface area (Å²) >= 11 is 11.6. The highest BCUT2D eigenvalue weighted by Crippen LogP contribution is 2.55. The van der Waals surface area contributed by atoms with Crippen LogP contribution in [0.4, 0.5) is 0 Å². The van der Waals surface area contributed by atoms with Crippen LogP contribution in [0.2, 0.25) is 0 Å². The second-order valence-corrected chi connectivity index (χ2v) is 8.68. The van der Waals surface area contributed by atoms with Crippen LogP contribution in [0.15, 0.2) is 24.3 Å². The van der Waals surface area contributed by atoms with E-state index < -0.39 is 53.3 Å². The van der Waals surface area contributed by atoms with Crippen molar-refractivity contribution >= 4 is 35.1 Å². The zero-order valence-electron chi connectivity index (χ0n) is 15.4. The molecule has 0 radical (unpaired) electrons. The van der Waals surface area contributed by atoms with Gasteiger partial charge in [-0.25, -0.2) is 9.59 Å². The van der Waals surface area contributed by atoms with Crippen molar-refractivity contribution in [2.45, 2.75) is 49.3 Å². The number of carbonyl (C=O) groups excluding carboxylic acids is 2. The molecule has 3 rings (SSSR count). The van der Waals surface area contributed by atoms with Gasteiger partial charge in [0.05, 0.1) is 23.8 Å². The summed E-state index contributed by atoms with van der Waals surface area (Å²) < 4.78 is 11.0. The first-order valence-electron chi connectivity index (χ1n) is 9.01. The van der Waals surface area contributed by atoms with Gasteiger partial charge in [-0.15, -0.1) is 23.2 Å². The Balaban J connectivity index is 2.01. The largest absolute Gasteiger partial charge is 0.459 e. The van der Waals surface area contributed by atoms with Crippen LogP contribution >= 0.6 is 23.2 Å². The highest BCUT2D eigenvalue weighted by Gasteiger charge is 2.64. The van der Waals surface area contributed by atoms with Crippen LogP contribution in [0.5, 0.6) is 0 Å². The van der Waals surface area contributed by atoms with E-state index in [-0.39, 0.29) is 36.1 Å². The Bertz CT molecular complexity index is 721. The van der Waals surface area contributed by atoms with Gasteiger partial charge in [-0.3, -0.25) is 0 Å². The summed E-state index contributed by atoms with van der Waals surface area (Å²) in [5.41, 5.74) is -2.87. The van der Waals surface area contributed by atoms with Gasteiger partial charge in [-0.1, -0.05) is 18.7 Å². The molecule has 0 aromatic rings. The van der Waals surface area contributed by atoms with Gasteiger partial charge in [0.1, 0.15) is 17.8 Å². The van der Waals surface area contributed by atoms with Crippen LogP contribution in [0.1, 0.15) is 19.8 Å². The third kappa shape index (κ3) is 3.17. The molecular formula is C19H24Cl2O7. The van der Waals surface area contributed by atoms with Gasteiger partial charge in [0.15, 0.2) is 5.60 Å². The first-order valence-corrected chi connectivity index (χ1v) is 10.1. The molecule has 0 amide bonds. The summed E-state index contributed by atoms with van der Waals surface area (Å²) in [7, 11) is 0. The Morgan fingerprint density at radius 1 is 1.43 bits per heavy atom. The molecular weight excluding hydrogens is 411 g/mol. The van der Waals surface area contributed by atoms with Crippen molar-refractivity contribution in [2.75, 3.05) is 11.8 Å². The summed E-state index contributed by atoms with van der Waals surface area (Å²) in [6.45, 7) is 9.05. The molecule has 156 valence electrons. The number of halogens is 2. The second kappa shape index (κ2) is 7.29. The van der Waals surface area contributed by atoms with Gasteiger partial charge in [0.2, 0.25) is 0 Å². The maximum Gasteiger partial charge on any atom is 0.339 e. The monoisotopic (exact) mass is 434 g/mol. The van der Waals surface area contributed by atoms with Gasteiger partial charge in [-0.05, 0) is 19.3 Å². The molecule has 1 aliphatic heterocycles. The van der Waals surface area contributed by atoms with Crippen LogP contribution < -0.4 is 0 Å². The van der Waals surface area contributed by atoms with Crippen molar-refractivity contribution < 1.29 is 34.4 Å². The third-order valence-corrected chi connectivity index (χ3v) is 7.19. The molecule has 28 heavy (non-hydrogen) atoms. The minimum atomic E-state index is -1.90. The number of esters is 2. The molecule has 0 unspecified atom stereocenters. The molecule has 0 spiro atoms. The molecule has 9 heteroatoms. The fourth-order valence-electron chi connectivity index (χ4n) is 4.58. The molecule has 3 fully saturated rings. The predicted molar refractivity (Wildman–Crippen MR) is 101 cm³/mol. The zero-order chi connectivity index (χ0) is 21.0. The van der Waals surface area contributed by atoms with Crippen molar-refractivity contribution in [3.8, 4) is 0 Å². The topological polar surface area (TPSA) is 113 Å². The molecule has 8 atom stereocenters. The molecule has 0 aromatic carbocycles. The van der Waals surface area contributed by atoms with E-state index in [0.717, 1.165) is 0 Å². The van der Waals surface area contributed by atoms with Crippen LogP contribution in [-0.4, -0.2) is 68.5 Å². The number of fused-ring (bicyclic) bond motifs is 3. The fourth-order valence-corrected chi connectivity index (χ4v) is 5.05. The molecule has 3 aliphatic rings. The lowest BCUT2D eigenvalue weighted by molar-refractivity contribution is -0.172. The van der Waals surface area contributed by atoms with Crippen molar-refractivity contribution in [1.82, 2.24) is 0 Å². The Kier molecular flexibility index (Phi) is 5.62. The number of hydrogen-bond donors (Lipinski definition) is 3. The Labute approximate surface area is 172 Å². The smallest absolute Gasteiger partial charge is 0.339 e. The Hall–Kier alpha value is -1.12. The first kappa shape index (κ1) is 21.6. The number of rotatable bonds is 4. The summed E-state index contributed by atoms with van der Waals surface area (Å²) in [5.74, 6) is -4.11. The van der Waals surface area contributed by atoms with Gasteiger partial charge in [0, 0.05) is 17.9 Å². The van der Waals surface area contributed by atoms with Crippen molar-refractivity contribution in [3.05, 3.63) is 24.3 Å². The van der Waals surface area contributed by atoms with E-state index in [2.05, 4.69) is 13.2 Å². The molecule has 0 bridgehead atoms. The number of hydrogen-bond acceptors (Lipinski definition) is 7. The van der Waals surface area contributed by atoms with Crippen LogP contribution in [0, 0.1) is 17.8 Å². The minimum Gasteiger partial charge on any atom is -0.459 e. The number of alkyl halides is 2. The normalized spacial score (nSPS) is 42.3. The number of aliphatic hydroxyl groups is 3. The molecule has 3 N–H and O–H groups in total. The van der Waals surface area contributed by atoms with E-state index in [9.17, 15) is 24.9 Å². The molecule has 1 heterocycles. The van der Waals surface area contributed by atoms with Crippen LogP contribution in [0.3, 0.4) is 0 Å². The SMILES string of the molecule is C=C1C(=O)O[C@H]2[C@H]1[C@H](OC(=O)[C@](C)(O)CCl)CC(=C)[C@H]1C[C@@H](O)[C@@](O)(CCl)[C@H]21. The highest BCUT2D eigenvalue weighted by atomic mass is 35.5. The third-order valence-electron chi connectivity index (χ3n) is 6.24. The molecule has 0 aromatic heterocycles. The average molecular weight is 435 g/mol. The van der Waals surface area contributed by atoms with E-state index in [0.29, 0.717) is 5.57 Å². The van der Waals surface area contributed by atoms with E-state index in [1.54, 1.807) is 0 Å². The maximum absolute atomic E-state index is 12.4. The molecule has 2 saturated carbocycles. The Morgan fingerprint density at radius 3 is 2.64 bits per heavy atom. The number of aliphatic hydroxyl groups excluding tert-OH is 1. The lowest BCUT2D eigenvalue weighted by atomic mass is 9.76. The Morgan fingerprint density at radius 2 is 2.07 bits per heavy atom. The lowest BCUT2D eigenvalue weighted by Crippen LogP contribution is -2.52. The van der Waals surface area contributed by atoms with Gasteiger partial charge in [-0.2, -0.15) is 0 Å². The average Bonchev–Trinajstić information content (AvgIpc) is 3.04. The lowest BCUT2D eigenvalue weighted by Gasteiger charge is -2.37. The van der Waals surface area contributed by atoms with Crippen molar-refractivity contribution in [1.29, 1.82) is 0 Å². The molecule has 1 saturated heterocycles. The maximum atomic E-state index is 12.4. The summed E-state index contributed by atoms with van der Waals surface area (Å²) in [6.07, 6.45) is -2.54. The second-order valence-electron chi connectivity index (χ2n) is 8.14. The van der Waals surface area contributed by atoms with Gasteiger partial charge < -0.3 is 24.8 Å². The fraction of sp³-hybridized carbons (Fsp3) is 0.684. The van der Waals surface area contributed by atoms with E-state index in [1.165, 1.54) is 6.92 Å². The molecule has 2 aliphatic carbocycles. The predicted octanol–water partition coefficient (Wildman–Crippen LogP) is 0.913. The number of carbonyl (C=O) groups is 2. The zero-order valence-corrected chi connectivity index (χ0v) is 16.9. The van der Waals surface area contributed by atoms with Crippen molar-refractivity contribution in [2.24, 2.45) is 17.8 Å². The summed E-state index contributed by atoms with van der Waals surface area (Å²) in [4.78, 5) is 24.6. The van der Waals surface area contributed by atoms with Gasteiger partial charge in [0.25, 0.3) is 0 Å². The highest BCUT2D eigenvalue weighted by molar-refractivity contribution is 6.20. The summed E-state index contributed by atoms with van der Waals surface area (Å²) in [5, 5.41) is 31.6.